The number of benzene rings is 2. The van der Waals surface area contributed by atoms with E-state index in [-0.39, 0.29) is 12.6 Å². The van der Waals surface area contributed by atoms with Crippen molar-refractivity contribution in [3.8, 4) is 11.5 Å². The standard InChI is InChI=1S/C21H25NO6/c1-14(18-11-17(26-3)9-10-19(18)27-4)22-20(23)13-28-21(24)16-7-5-15(6-8-16)12-25-2/h5-11,14H,12-13H2,1-4H3,(H,22,23). The second kappa shape index (κ2) is 10.3. The van der Waals surface area contributed by atoms with E-state index in [2.05, 4.69) is 5.32 Å². The van der Waals surface area contributed by atoms with Gasteiger partial charge in [-0.3, -0.25) is 4.79 Å². The Balaban J connectivity index is 1.92. The van der Waals surface area contributed by atoms with Crippen LogP contribution in [0.2, 0.25) is 0 Å². The van der Waals surface area contributed by atoms with Crippen molar-refractivity contribution in [1.29, 1.82) is 0 Å². The predicted molar refractivity (Wildman–Crippen MR) is 104 cm³/mol. The minimum absolute atomic E-state index is 0.357. The highest BCUT2D eigenvalue weighted by atomic mass is 16.5. The molecule has 0 aliphatic heterocycles. The Morgan fingerprint density at radius 2 is 1.71 bits per heavy atom. The number of nitrogens with one attached hydrogen (secondary N) is 1. The maximum Gasteiger partial charge on any atom is 0.338 e. The topological polar surface area (TPSA) is 83.1 Å². The lowest BCUT2D eigenvalue weighted by Crippen LogP contribution is -2.31. The zero-order valence-electron chi connectivity index (χ0n) is 16.5. The first-order valence-electron chi connectivity index (χ1n) is 8.74. The normalized spacial score (nSPS) is 11.4. The molecule has 7 heteroatoms. The monoisotopic (exact) mass is 387 g/mol. The van der Waals surface area contributed by atoms with E-state index < -0.39 is 11.9 Å². The molecule has 2 aromatic rings. The third-order valence-corrected chi connectivity index (χ3v) is 4.12. The fourth-order valence-corrected chi connectivity index (χ4v) is 2.66. The van der Waals surface area contributed by atoms with Gasteiger partial charge in [0, 0.05) is 12.7 Å². The number of amides is 1. The largest absolute Gasteiger partial charge is 0.497 e. The fourth-order valence-electron chi connectivity index (χ4n) is 2.66. The molecule has 2 rings (SSSR count). The Morgan fingerprint density at radius 1 is 1.00 bits per heavy atom. The number of hydrogen-bond donors (Lipinski definition) is 1. The van der Waals surface area contributed by atoms with Crippen LogP contribution in [-0.4, -0.2) is 39.8 Å². The molecule has 1 unspecified atom stereocenters. The van der Waals surface area contributed by atoms with Gasteiger partial charge < -0.3 is 24.3 Å². The summed E-state index contributed by atoms with van der Waals surface area (Å²) in [5.41, 5.74) is 2.07. The highest BCUT2D eigenvalue weighted by Gasteiger charge is 2.17. The van der Waals surface area contributed by atoms with Crippen molar-refractivity contribution in [3.63, 3.8) is 0 Å². The molecule has 0 bridgehead atoms. The van der Waals surface area contributed by atoms with Gasteiger partial charge in [-0.1, -0.05) is 12.1 Å². The number of carbonyl (C=O) groups is 2. The maximum absolute atomic E-state index is 12.2. The van der Waals surface area contributed by atoms with Crippen LogP contribution in [0.4, 0.5) is 0 Å². The molecule has 0 saturated heterocycles. The van der Waals surface area contributed by atoms with Crippen molar-refractivity contribution in [3.05, 3.63) is 59.2 Å². The molecule has 2 aromatic carbocycles. The van der Waals surface area contributed by atoms with Crippen molar-refractivity contribution in [2.75, 3.05) is 27.9 Å². The molecule has 1 atom stereocenters. The number of carbonyl (C=O) groups excluding carboxylic acids is 2. The van der Waals surface area contributed by atoms with E-state index in [1.165, 1.54) is 0 Å². The van der Waals surface area contributed by atoms with Crippen LogP contribution in [-0.2, 0) is 20.9 Å². The van der Waals surface area contributed by atoms with Crippen molar-refractivity contribution < 1.29 is 28.5 Å². The lowest BCUT2D eigenvalue weighted by Gasteiger charge is -2.18. The second-order valence-electron chi connectivity index (χ2n) is 6.10. The summed E-state index contributed by atoms with van der Waals surface area (Å²) in [6, 6.07) is 11.8. The Bertz CT molecular complexity index is 803. The fraction of sp³-hybridized carbons (Fsp3) is 0.333. The van der Waals surface area contributed by atoms with Crippen LogP contribution in [0.25, 0.3) is 0 Å². The van der Waals surface area contributed by atoms with Gasteiger partial charge in [-0.2, -0.15) is 0 Å². The molecule has 0 heterocycles. The molecular formula is C21H25NO6. The summed E-state index contributed by atoms with van der Waals surface area (Å²) >= 11 is 0. The third-order valence-electron chi connectivity index (χ3n) is 4.12. The summed E-state index contributed by atoms with van der Waals surface area (Å²) in [7, 11) is 4.72. The van der Waals surface area contributed by atoms with Gasteiger partial charge in [0.1, 0.15) is 11.5 Å². The lowest BCUT2D eigenvalue weighted by molar-refractivity contribution is -0.124. The quantitative estimate of drug-likeness (QED) is 0.666. The van der Waals surface area contributed by atoms with E-state index in [9.17, 15) is 9.59 Å². The molecule has 28 heavy (non-hydrogen) atoms. The Hall–Kier alpha value is -3.06. The zero-order valence-corrected chi connectivity index (χ0v) is 16.5. The Kier molecular flexibility index (Phi) is 7.83. The lowest BCUT2D eigenvalue weighted by atomic mass is 10.1. The molecule has 150 valence electrons. The first-order chi connectivity index (χ1) is 13.5. The van der Waals surface area contributed by atoms with Gasteiger partial charge in [-0.25, -0.2) is 4.79 Å². The van der Waals surface area contributed by atoms with Crippen LogP contribution in [0.5, 0.6) is 11.5 Å². The van der Waals surface area contributed by atoms with Crippen LogP contribution in [0.3, 0.4) is 0 Å². The molecular weight excluding hydrogens is 362 g/mol. The van der Waals surface area contributed by atoms with E-state index in [0.29, 0.717) is 23.7 Å². The molecule has 0 saturated carbocycles. The van der Waals surface area contributed by atoms with Gasteiger partial charge in [0.25, 0.3) is 5.91 Å². The second-order valence-corrected chi connectivity index (χ2v) is 6.10. The summed E-state index contributed by atoms with van der Waals surface area (Å²) in [5, 5.41) is 2.79. The van der Waals surface area contributed by atoms with Crippen LogP contribution in [0.1, 0.15) is 34.5 Å². The molecule has 1 N–H and O–H groups in total. The van der Waals surface area contributed by atoms with E-state index in [1.807, 2.05) is 6.92 Å². The summed E-state index contributed by atoms with van der Waals surface area (Å²) in [4.78, 5) is 24.3. The van der Waals surface area contributed by atoms with Crippen LogP contribution < -0.4 is 14.8 Å². The average molecular weight is 387 g/mol. The molecule has 0 radical (unpaired) electrons. The third kappa shape index (κ3) is 5.72. The predicted octanol–water partition coefficient (Wildman–Crippen LogP) is 2.88. The number of hydrogen-bond acceptors (Lipinski definition) is 6. The molecule has 0 aromatic heterocycles. The average Bonchev–Trinajstić information content (AvgIpc) is 2.72. The minimum atomic E-state index is -0.564. The molecule has 0 spiro atoms. The van der Waals surface area contributed by atoms with E-state index in [4.69, 9.17) is 18.9 Å². The van der Waals surface area contributed by atoms with Gasteiger partial charge >= 0.3 is 5.97 Å². The number of ether oxygens (including phenoxy) is 4. The summed E-state index contributed by atoms with van der Waals surface area (Å²) < 4.78 is 20.7. The highest BCUT2D eigenvalue weighted by molar-refractivity contribution is 5.91. The Labute approximate surface area is 164 Å². The molecule has 1 amide bonds. The molecule has 7 nitrogen and oxygen atoms in total. The first kappa shape index (κ1) is 21.2. The van der Waals surface area contributed by atoms with Crippen LogP contribution in [0.15, 0.2) is 42.5 Å². The molecule has 0 aliphatic carbocycles. The summed E-state index contributed by atoms with van der Waals surface area (Å²) in [5.74, 6) is 0.300. The van der Waals surface area contributed by atoms with Crippen molar-refractivity contribution >= 4 is 11.9 Å². The highest BCUT2D eigenvalue weighted by Crippen LogP contribution is 2.29. The summed E-state index contributed by atoms with van der Waals surface area (Å²) in [6.07, 6.45) is 0. The van der Waals surface area contributed by atoms with E-state index in [0.717, 1.165) is 11.1 Å². The molecule has 0 fully saturated rings. The minimum Gasteiger partial charge on any atom is -0.497 e. The van der Waals surface area contributed by atoms with Gasteiger partial charge in [0.15, 0.2) is 6.61 Å². The maximum atomic E-state index is 12.2. The van der Waals surface area contributed by atoms with Gasteiger partial charge in [0.2, 0.25) is 0 Å². The van der Waals surface area contributed by atoms with Crippen molar-refractivity contribution in [1.82, 2.24) is 5.32 Å². The first-order valence-corrected chi connectivity index (χ1v) is 8.74. The van der Waals surface area contributed by atoms with Gasteiger partial charge in [-0.15, -0.1) is 0 Å². The summed E-state index contributed by atoms with van der Waals surface area (Å²) in [6.45, 7) is 1.89. The smallest absolute Gasteiger partial charge is 0.338 e. The van der Waals surface area contributed by atoms with E-state index in [1.54, 1.807) is 63.8 Å². The van der Waals surface area contributed by atoms with Crippen molar-refractivity contribution in [2.24, 2.45) is 0 Å². The Morgan fingerprint density at radius 3 is 2.32 bits per heavy atom. The SMILES string of the molecule is COCc1ccc(C(=O)OCC(=O)NC(C)c2cc(OC)ccc2OC)cc1. The van der Waals surface area contributed by atoms with Crippen LogP contribution >= 0.6 is 0 Å². The zero-order chi connectivity index (χ0) is 20.5. The van der Waals surface area contributed by atoms with Crippen LogP contribution in [0, 0.1) is 0 Å². The number of esters is 1. The van der Waals surface area contributed by atoms with Gasteiger partial charge in [0.05, 0.1) is 32.4 Å². The van der Waals surface area contributed by atoms with Crippen molar-refractivity contribution in [2.45, 2.75) is 19.6 Å². The number of methoxy groups -OCH3 is 3. The molecule has 0 aliphatic rings. The van der Waals surface area contributed by atoms with E-state index >= 15 is 0 Å². The number of rotatable bonds is 9. The van der Waals surface area contributed by atoms with Gasteiger partial charge in [-0.05, 0) is 42.8 Å².